The topological polar surface area (TPSA) is 41.5 Å². The third kappa shape index (κ3) is 4.68. The molecular weight excluding hydrogens is 250 g/mol. The quantitative estimate of drug-likeness (QED) is 0.812. The van der Waals surface area contributed by atoms with Gasteiger partial charge in [0.1, 0.15) is 0 Å². The molecule has 2 atom stereocenters. The molecule has 0 radical (unpaired) electrons. The average Bonchev–Trinajstić information content (AvgIpc) is 2.52. The monoisotopic (exact) mass is 271 g/mol. The third-order valence-electron chi connectivity index (χ3n) is 3.12. The minimum Gasteiger partial charge on any atom is -0.389 e. The molecule has 0 saturated carbocycles. The van der Waals surface area contributed by atoms with Crippen LogP contribution in [0.25, 0.3) is 0 Å². The zero-order chi connectivity index (χ0) is 14.2. The standard InChI is InChI=1S/C17H21NO2/c1-14(15-8-4-2-5-9-15)20-13-17(19)12-18-16-10-6-3-7-11-16/h2-11,14,17-19H,12-13H2,1H3. The van der Waals surface area contributed by atoms with Crippen LogP contribution in [0, 0.1) is 0 Å². The smallest absolute Gasteiger partial charge is 0.0945 e. The van der Waals surface area contributed by atoms with Crippen LogP contribution in [-0.2, 0) is 4.74 Å². The van der Waals surface area contributed by atoms with Crippen LogP contribution in [-0.4, -0.2) is 24.4 Å². The molecule has 20 heavy (non-hydrogen) atoms. The summed E-state index contributed by atoms with van der Waals surface area (Å²) in [5, 5.41) is 13.1. The van der Waals surface area contributed by atoms with E-state index in [4.69, 9.17) is 4.74 Å². The molecular formula is C17H21NO2. The summed E-state index contributed by atoms with van der Waals surface area (Å²) in [6.07, 6.45) is -0.538. The first-order valence-corrected chi connectivity index (χ1v) is 6.89. The lowest BCUT2D eigenvalue weighted by atomic mass is 10.1. The zero-order valence-electron chi connectivity index (χ0n) is 11.7. The number of aliphatic hydroxyl groups excluding tert-OH is 1. The maximum Gasteiger partial charge on any atom is 0.0945 e. The van der Waals surface area contributed by atoms with Crippen LogP contribution in [0.3, 0.4) is 0 Å². The predicted octanol–water partition coefficient (Wildman–Crippen LogP) is 3.24. The summed E-state index contributed by atoms with van der Waals surface area (Å²) in [4.78, 5) is 0. The minimum absolute atomic E-state index is 0.0115. The van der Waals surface area contributed by atoms with Crippen molar-refractivity contribution in [3.8, 4) is 0 Å². The van der Waals surface area contributed by atoms with Gasteiger partial charge in [-0.15, -0.1) is 0 Å². The molecule has 0 amide bonds. The van der Waals surface area contributed by atoms with Gasteiger partial charge in [-0.1, -0.05) is 48.5 Å². The van der Waals surface area contributed by atoms with E-state index in [1.54, 1.807) is 0 Å². The lowest BCUT2D eigenvalue weighted by Crippen LogP contribution is -2.25. The SMILES string of the molecule is CC(OCC(O)CNc1ccccc1)c1ccccc1. The van der Waals surface area contributed by atoms with Crippen LogP contribution in [0.5, 0.6) is 0 Å². The molecule has 0 aromatic heterocycles. The van der Waals surface area contributed by atoms with Crippen molar-refractivity contribution in [2.24, 2.45) is 0 Å². The fourth-order valence-electron chi connectivity index (χ4n) is 1.93. The summed E-state index contributed by atoms with van der Waals surface area (Å²) in [5.41, 5.74) is 2.12. The largest absolute Gasteiger partial charge is 0.389 e. The molecule has 2 unspecified atom stereocenters. The highest BCUT2D eigenvalue weighted by molar-refractivity contribution is 5.42. The van der Waals surface area contributed by atoms with E-state index in [2.05, 4.69) is 5.32 Å². The number of anilines is 1. The van der Waals surface area contributed by atoms with Crippen molar-refractivity contribution >= 4 is 5.69 Å². The first-order chi connectivity index (χ1) is 9.75. The summed E-state index contributed by atoms with van der Waals surface area (Å²) in [7, 11) is 0. The molecule has 0 aliphatic rings. The minimum atomic E-state index is -0.527. The molecule has 0 aliphatic heterocycles. The van der Waals surface area contributed by atoms with Gasteiger partial charge in [0.05, 0.1) is 18.8 Å². The van der Waals surface area contributed by atoms with E-state index in [0.717, 1.165) is 11.3 Å². The van der Waals surface area contributed by atoms with Crippen LogP contribution < -0.4 is 5.32 Å². The Labute approximate surface area is 120 Å². The van der Waals surface area contributed by atoms with Crippen LogP contribution >= 0.6 is 0 Å². The molecule has 0 fully saturated rings. The maximum atomic E-state index is 9.92. The van der Waals surface area contributed by atoms with Crippen molar-refractivity contribution in [1.82, 2.24) is 0 Å². The Morgan fingerprint density at radius 2 is 1.60 bits per heavy atom. The Kier molecular flexibility index (Phi) is 5.59. The second kappa shape index (κ2) is 7.68. The van der Waals surface area contributed by atoms with Gasteiger partial charge >= 0.3 is 0 Å². The lowest BCUT2D eigenvalue weighted by Gasteiger charge is -2.17. The number of nitrogens with one attached hydrogen (secondary N) is 1. The number of para-hydroxylation sites is 1. The van der Waals surface area contributed by atoms with Crippen LogP contribution in [0.1, 0.15) is 18.6 Å². The summed E-state index contributed by atoms with van der Waals surface area (Å²) in [5.74, 6) is 0. The van der Waals surface area contributed by atoms with Gasteiger partial charge in [-0.25, -0.2) is 0 Å². The Balaban J connectivity index is 1.71. The molecule has 106 valence electrons. The van der Waals surface area contributed by atoms with Gasteiger partial charge in [-0.2, -0.15) is 0 Å². The first kappa shape index (κ1) is 14.6. The predicted molar refractivity (Wildman–Crippen MR) is 81.7 cm³/mol. The number of hydrogen-bond donors (Lipinski definition) is 2. The number of hydrogen-bond acceptors (Lipinski definition) is 3. The van der Waals surface area contributed by atoms with Crippen molar-refractivity contribution in [3.05, 3.63) is 66.2 Å². The second-order valence-corrected chi connectivity index (χ2v) is 4.79. The summed E-state index contributed by atoms with van der Waals surface area (Å²) in [6, 6.07) is 19.8. The van der Waals surface area contributed by atoms with Crippen molar-refractivity contribution < 1.29 is 9.84 Å². The molecule has 0 heterocycles. The molecule has 0 aliphatic carbocycles. The zero-order valence-corrected chi connectivity index (χ0v) is 11.7. The Bertz CT molecular complexity index is 487. The van der Waals surface area contributed by atoms with E-state index in [0.29, 0.717) is 13.2 Å². The molecule has 0 saturated heterocycles. The molecule has 2 N–H and O–H groups in total. The molecule has 2 aromatic carbocycles. The highest BCUT2D eigenvalue weighted by Gasteiger charge is 2.09. The van der Waals surface area contributed by atoms with E-state index in [1.165, 1.54) is 0 Å². The molecule has 0 spiro atoms. The molecule has 3 nitrogen and oxygen atoms in total. The number of benzene rings is 2. The third-order valence-corrected chi connectivity index (χ3v) is 3.12. The Morgan fingerprint density at radius 3 is 2.25 bits per heavy atom. The fourth-order valence-corrected chi connectivity index (χ4v) is 1.93. The number of rotatable bonds is 7. The van der Waals surface area contributed by atoms with E-state index < -0.39 is 6.10 Å². The Morgan fingerprint density at radius 1 is 1.00 bits per heavy atom. The van der Waals surface area contributed by atoms with Gasteiger partial charge in [0, 0.05) is 12.2 Å². The molecule has 2 rings (SSSR count). The average molecular weight is 271 g/mol. The number of aliphatic hydroxyl groups is 1. The second-order valence-electron chi connectivity index (χ2n) is 4.79. The van der Waals surface area contributed by atoms with Gasteiger partial charge in [-0.05, 0) is 24.6 Å². The molecule has 3 heteroatoms. The highest BCUT2D eigenvalue weighted by Crippen LogP contribution is 2.16. The van der Waals surface area contributed by atoms with Crippen molar-refractivity contribution in [3.63, 3.8) is 0 Å². The number of ether oxygens (including phenoxy) is 1. The normalized spacial score (nSPS) is 13.7. The van der Waals surface area contributed by atoms with Gasteiger partial charge < -0.3 is 15.2 Å². The molecule has 2 aromatic rings. The van der Waals surface area contributed by atoms with Gasteiger partial charge in [-0.3, -0.25) is 0 Å². The summed E-state index contributed by atoms with van der Waals surface area (Å²) < 4.78 is 5.69. The Hall–Kier alpha value is -1.84. The summed E-state index contributed by atoms with van der Waals surface area (Å²) >= 11 is 0. The summed E-state index contributed by atoms with van der Waals surface area (Å²) in [6.45, 7) is 2.79. The van der Waals surface area contributed by atoms with Crippen molar-refractivity contribution in [2.45, 2.75) is 19.1 Å². The van der Waals surface area contributed by atoms with Gasteiger partial charge in [0.25, 0.3) is 0 Å². The maximum absolute atomic E-state index is 9.92. The van der Waals surface area contributed by atoms with E-state index in [1.807, 2.05) is 67.6 Å². The lowest BCUT2D eigenvalue weighted by molar-refractivity contribution is 0.00243. The van der Waals surface area contributed by atoms with Crippen LogP contribution in [0.2, 0.25) is 0 Å². The molecule has 0 bridgehead atoms. The fraction of sp³-hybridized carbons (Fsp3) is 0.294. The van der Waals surface area contributed by atoms with Crippen LogP contribution in [0.15, 0.2) is 60.7 Å². The van der Waals surface area contributed by atoms with E-state index >= 15 is 0 Å². The van der Waals surface area contributed by atoms with E-state index in [-0.39, 0.29) is 6.10 Å². The first-order valence-electron chi connectivity index (χ1n) is 6.89. The van der Waals surface area contributed by atoms with E-state index in [9.17, 15) is 5.11 Å². The van der Waals surface area contributed by atoms with Crippen LogP contribution in [0.4, 0.5) is 5.69 Å². The van der Waals surface area contributed by atoms with Gasteiger partial charge in [0.2, 0.25) is 0 Å². The van der Waals surface area contributed by atoms with Crippen molar-refractivity contribution in [2.75, 3.05) is 18.5 Å². The highest BCUT2D eigenvalue weighted by atomic mass is 16.5. The van der Waals surface area contributed by atoms with Crippen molar-refractivity contribution in [1.29, 1.82) is 0 Å². The van der Waals surface area contributed by atoms with Gasteiger partial charge in [0.15, 0.2) is 0 Å².